The van der Waals surface area contributed by atoms with E-state index in [0.717, 1.165) is 5.56 Å². The van der Waals surface area contributed by atoms with Crippen LogP contribution < -0.4 is 5.32 Å². The maximum Gasteiger partial charge on any atom is 0.244 e. The van der Waals surface area contributed by atoms with Gasteiger partial charge in [0.05, 0.1) is 11.7 Å². The molecule has 1 fully saturated rings. The zero-order chi connectivity index (χ0) is 18.0. The number of benzene rings is 2. The second-order valence-corrected chi connectivity index (χ2v) is 5.93. The normalized spacial score (nSPS) is 20.0. The van der Waals surface area contributed by atoms with Gasteiger partial charge >= 0.3 is 0 Å². The minimum Gasteiger partial charge on any atom is -0.327 e. The number of hydrogen-bond donors (Lipinski definition) is 1. The Hall–Kier alpha value is -3.02. The zero-order valence-electron chi connectivity index (χ0n) is 13.6. The van der Waals surface area contributed by atoms with Gasteiger partial charge in [0, 0.05) is 6.54 Å². The highest BCUT2D eigenvalue weighted by Crippen LogP contribution is 2.25. The molecule has 0 aliphatic carbocycles. The van der Waals surface area contributed by atoms with Crippen molar-refractivity contribution in [2.24, 2.45) is 5.92 Å². The molecule has 0 bridgehead atoms. The third-order valence-electron chi connectivity index (χ3n) is 4.28. The fraction of sp³-hybridized carbons (Fsp3) is 0.211. The van der Waals surface area contributed by atoms with Gasteiger partial charge in [-0.25, -0.2) is 4.39 Å². The van der Waals surface area contributed by atoms with Crippen molar-refractivity contribution < 1.29 is 18.8 Å². The molecule has 0 saturated carbocycles. The summed E-state index contributed by atoms with van der Waals surface area (Å²) in [6.45, 7) is 1.84. The Bertz CT molecular complexity index is 822. The molecule has 3 rings (SSSR count). The van der Waals surface area contributed by atoms with E-state index in [1.807, 2.05) is 30.3 Å². The summed E-state index contributed by atoms with van der Waals surface area (Å²) in [4.78, 5) is 38.8. The van der Waals surface area contributed by atoms with Crippen LogP contribution in [0.4, 0.5) is 10.1 Å². The monoisotopic (exact) mass is 340 g/mol. The van der Waals surface area contributed by atoms with Crippen LogP contribution >= 0.6 is 0 Å². The number of Topliss-reactive ketones (excluding diaryl/α,β-unsaturated/α-hetero) is 1. The lowest BCUT2D eigenvalue weighted by Gasteiger charge is -2.20. The maximum atomic E-state index is 13.7. The van der Waals surface area contributed by atoms with E-state index < -0.39 is 35.4 Å². The number of rotatable bonds is 4. The molecule has 5 nitrogen and oxygen atoms in total. The van der Waals surface area contributed by atoms with Crippen LogP contribution in [0, 0.1) is 11.7 Å². The Labute approximate surface area is 144 Å². The second kappa shape index (κ2) is 6.84. The predicted molar refractivity (Wildman–Crippen MR) is 90.0 cm³/mol. The quantitative estimate of drug-likeness (QED) is 0.869. The number of carbonyl (C=O) groups is 3. The SMILES string of the molecule is C[C@H]1C(=O)[C@H](C(=O)Nc2ccccc2F)C(=O)N1Cc1ccccc1. The summed E-state index contributed by atoms with van der Waals surface area (Å²) in [7, 11) is 0. The standard InChI is InChI=1S/C19H17FN2O3/c1-12-17(23)16(18(24)21-15-10-6-5-9-14(15)20)19(25)22(12)11-13-7-3-2-4-8-13/h2-10,12,16H,11H2,1H3,(H,21,24)/t12-,16+/m0/s1. The number of anilines is 1. The number of ketones is 1. The lowest BCUT2D eigenvalue weighted by Crippen LogP contribution is -2.34. The van der Waals surface area contributed by atoms with Crippen molar-refractivity contribution in [3.63, 3.8) is 0 Å². The van der Waals surface area contributed by atoms with E-state index in [9.17, 15) is 18.8 Å². The molecule has 2 aromatic carbocycles. The van der Waals surface area contributed by atoms with Crippen molar-refractivity contribution in [1.29, 1.82) is 0 Å². The van der Waals surface area contributed by atoms with E-state index in [1.165, 1.54) is 23.1 Å². The molecule has 0 aromatic heterocycles. The smallest absolute Gasteiger partial charge is 0.244 e. The van der Waals surface area contributed by atoms with Crippen molar-refractivity contribution in [1.82, 2.24) is 4.90 Å². The first-order chi connectivity index (χ1) is 12.0. The Morgan fingerprint density at radius 1 is 1.08 bits per heavy atom. The van der Waals surface area contributed by atoms with E-state index in [0.29, 0.717) is 0 Å². The van der Waals surface area contributed by atoms with Crippen LogP contribution in [0.5, 0.6) is 0 Å². The van der Waals surface area contributed by atoms with Gasteiger partial charge in [0.25, 0.3) is 0 Å². The fourth-order valence-corrected chi connectivity index (χ4v) is 2.88. The van der Waals surface area contributed by atoms with Gasteiger partial charge in [0.1, 0.15) is 5.82 Å². The Morgan fingerprint density at radius 2 is 1.72 bits per heavy atom. The van der Waals surface area contributed by atoms with Gasteiger partial charge < -0.3 is 10.2 Å². The van der Waals surface area contributed by atoms with E-state index in [4.69, 9.17) is 0 Å². The van der Waals surface area contributed by atoms with Crippen LogP contribution in [0.3, 0.4) is 0 Å². The zero-order valence-corrected chi connectivity index (χ0v) is 13.6. The van der Waals surface area contributed by atoms with Crippen LogP contribution in [0.15, 0.2) is 54.6 Å². The number of para-hydroxylation sites is 1. The maximum absolute atomic E-state index is 13.7. The number of nitrogens with zero attached hydrogens (tertiary/aromatic N) is 1. The molecular formula is C19H17FN2O3. The van der Waals surface area contributed by atoms with E-state index in [1.54, 1.807) is 13.0 Å². The second-order valence-electron chi connectivity index (χ2n) is 5.93. The Kier molecular flexibility index (Phi) is 4.61. The average molecular weight is 340 g/mol. The Balaban J connectivity index is 1.78. The molecule has 0 unspecified atom stereocenters. The van der Waals surface area contributed by atoms with Crippen LogP contribution in [0.1, 0.15) is 12.5 Å². The van der Waals surface area contributed by atoms with Crippen LogP contribution in [0.2, 0.25) is 0 Å². The molecule has 2 amide bonds. The third-order valence-corrected chi connectivity index (χ3v) is 4.28. The largest absolute Gasteiger partial charge is 0.327 e. The first kappa shape index (κ1) is 16.8. The summed E-state index contributed by atoms with van der Waals surface area (Å²) < 4.78 is 13.7. The van der Waals surface area contributed by atoms with Crippen molar-refractivity contribution in [2.75, 3.05) is 5.32 Å². The number of nitrogens with one attached hydrogen (secondary N) is 1. The Morgan fingerprint density at radius 3 is 2.40 bits per heavy atom. The summed E-state index contributed by atoms with van der Waals surface area (Å²) >= 11 is 0. The number of likely N-dealkylation sites (tertiary alicyclic amines) is 1. The van der Waals surface area contributed by atoms with Gasteiger partial charge in [-0.3, -0.25) is 14.4 Å². The van der Waals surface area contributed by atoms with Crippen molar-refractivity contribution in [2.45, 2.75) is 19.5 Å². The van der Waals surface area contributed by atoms with E-state index in [2.05, 4.69) is 5.32 Å². The lowest BCUT2D eigenvalue weighted by molar-refractivity contribution is -0.138. The molecule has 1 N–H and O–H groups in total. The molecular weight excluding hydrogens is 323 g/mol. The van der Waals surface area contributed by atoms with Crippen LogP contribution in [-0.2, 0) is 20.9 Å². The summed E-state index contributed by atoms with van der Waals surface area (Å²) in [5.41, 5.74) is 0.813. The first-order valence-electron chi connectivity index (χ1n) is 7.92. The van der Waals surface area contributed by atoms with Gasteiger partial charge in [-0.15, -0.1) is 0 Å². The van der Waals surface area contributed by atoms with Gasteiger partial charge in [-0.1, -0.05) is 42.5 Å². The average Bonchev–Trinajstić information content (AvgIpc) is 2.81. The van der Waals surface area contributed by atoms with Crippen molar-refractivity contribution in [3.05, 3.63) is 66.0 Å². The van der Waals surface area contributed by atoms with Gasteiger partial charge in [0.2, 0.25) is 11.8 Å². The minimum absolute atomic E-state index is 0.0535. The summed E-state index contributed by atoms with van der Waals surface area (Å²) in [5.74, 6) is -3.91. The number of hydrogen-bond acceptors (Lipinski definition) is 3. The van der Waals surface area contributed by atoms with Crippen molar-refractivity contribution >= 4 is 23.3 Å². The first-order valence-corrected chi connectivity index (χ1v) is 7.92. The summed E-state index contributed by atoms with van der Waals surface area (Å²) in [6.07, 6.45) is 0. The van der Waals surface area contributed by atoms with E-state index >= 15 is 0 Å². The highest BCUT2D eigenvalue weighted by molar-refractivity contribution is 6.26. The molecule has 0 spiro atoms. The molecule has 6 heteroatoms. The molecule has 2 atom stereocenters. The van der Waals surface area contributed by atoms with Crippen LogP contribution in [0.25, 0.3) is 0 Å². The molecule has 1 heterocycles. The van der Waals surface area contributed by atoms with Crippen LogP contribution in [-0.4, -0.2) is 28.5 Å². The van der Waals surface area contributed by atoms with Gasteiger partial charge in [-0.2, -0.15) is 0 Å². The lowest BCUT2D eigenvalue weighted by atomic mass is 10.0. The molecule has 1 aliphatic rings. The topological polar surface area (TPSA) is 66.5 Å². The highest BCUT2D eigenvalue weighted by atomic mass is 19.1. The van der Waals surface area contributed by atoms with E-state index in [-0.39, 0.29) is 12.2 Å². The molecule has 0 radical (unpaired) electrons. The van der Waals surface area contributed by atoms with Gasteiger partial charge in [-0.05, 0) is 24.6 Å². The minimum atomic E-state index is -1.45. The molecule has 1 aliphatic heterocycles. The predicted octanol–water partition coefficient (Wildman–Crippen LogP) is 2.38. The molecule has 128 valence electrons. The number of carbonyl (C=O) groups excluding carboxylic acids is 3. The van der Waals surface area contributed by atoms with Gasteiger partial charge in [0.15, 0.2) is 11.7 Å². The highest BCUT2D eigenvalue weighted by Gasteiger charge is 2.48. The number of amides is 2. The van der Waals surface area contributed by atoms with Crippen molar-refractivity contribution in [3.8, 4) is 0 Å². The fourth-order valence-electron chi connectivity index (χ4n) is 2.88. The number of halogens is 1. The summed E-state index contributed by atoms with van der Waals surface area (Å²) in [5, 5.41) is 2.34. The summed E-state index contributed by atoms with van der Waals surface area (Å²) in [6, 6.07) is 14.1. The third kappa shape index (κ3) is 3.28. The molecule has 25 heavy (non-hydrogen) atoms. The molecule has 1 saturated heterocycles. The molecule has 2 aromatic rings.